The number of hydrogen-bond acceptors (Lipinski definition) is 4. The Morgan fingerprint density at radius 1 is 1.26 bits per heavy atom. The summed E-state index contributed by atoms with van der Waals surface area (Å²) in [6.07, 6.45) is 2.43. The highest BCUT2D eigenvalue weighted by atomic mass is 16.5. The highest BCUT2D eigenvalue weighted by Gasteiger charge is 2.45. The average Bonchev–Trinajstić information content (AvgIpc) is 2.68. The number of nitrogens with one attached hydrogen (secondary N) is 2. The molecule has 3 rings (SSSR count). The lowest BCUT2D eigenvalue weighted by Gasteiger charge is -2.42. The summed E-state index contributed by atoms with van der Waals surface area (Å²) >= 11 is 0. The number of ether oxygens (including phenoxy) is 1. The molecule has 2 N–H and O–H groups in total. The number of hydrogen-bond donors (Lipinski definition) is 2. The number of carbonyl (C=O) groups excluding carboxylic acids is 3. The summed E-state index contributed by atoms with van der Waals surface area (Å²) in [7, 11) is 1.59. The highest BCUT2D eigenvalue weighted by Crippen LogP contribution is 2.33. The van der Waals surface area contributed by atoms with Crippen molar-refractivity contribution in [3.8, 4) is 0 Å². The number of urea groups is 1. The van der Waals surface area contributed by atoms with Gasteiger partial charge in [-0.05, 0) is 31.2 Å². The summed E-state index contributed by atoms with van der Waals surface area (Å²) < 4.78 is 4.94. The number of fused-ring (bicyclic) bond motifs is 1. The molecule has 0 bridgehead atoms. The second-order valence-electron chi connectivity index (χ2n) is 7.18. The van der Waals surface area contributed by atoms with E-state index in [1.54, 1.807) is 7.11 Å². The minimum atomic E-state index is -0.349. The summed E-state index contributed by atoms with van der Waals surface area (Å²) in [5, 5.41) is 5.80. The van der Waals surface area contributed by atoms with Crippen LogP contribution in [0.5, 0.6) is 0 Å². The van der Waals surface area contributed by atoms with E-state index in [4.69, 9.17) is 4.74 Å². The van der Waals surface area contributed by atoms with Crippen LogP contribution in [-0.2, 0) is 20.7 Å². The van der Waals surface area contributed by atoms with Gasteiger partial charge in [0.05, 0.1) is 12.5 Å². The lowest BCUT2D eigenvalue weighted by Crippen LogP contribution is -2.62. The number of rotatable bonds is 7. The third kappa shape index (κ3) is 4.66. The smallest absolute Gasteiger partial charge is 0.324 e. The van der Waals surface area contributed by atoms with Crippen molar-refractivity contribution in [1.82, 2.24) is 15.5 Å². The van der Waals surface area contributed by atoms with Crippen molar-refractivity contribution in [3.63, 3.8) is 0 Å². The molecule has 2 fully saturated rings. The van der Waals surface area contributed by atoms with Gasteiger partial charge in [-0.3, -0.25) is 14.5 Å². The second-order valence-corrected chi connectivity index (χ2v) is 7.18. The molecule has 1 aliphatic carbocycles. The van der Waals surface area contributed by atoms with E-state index in [0.717, 1.165) is 5.56 Å². The van der Waals surface area contributed by atoms with Gasteiger partial charge in [-0.1, -0.05) is 30.3 Å². The zero-order valence-electron chi connectivity index (χ0n) is 15.6. The Morgan fingerprint density at radius 3 is 2.78 bits per heavy atom. The van der Waals surface area contributed by atoms with Gasteiger partial charge in [0, 0.05) is 32.2 Å². The lowest BCUT2D eigenvalue weighted by molar-refractivity contribution is -0.139. The minimum Gasteiger partial charge on any atom is -0.383 e. The van der Waals surface area contributed by atoms with Crippen molar-refractivity contribution < 1.29 is 19.1 Å². The van der Waals surface area contributed by atoms with Crippen molar-refractivity contribution >= 4 is 17.8 Å². The summed E-state index contributed by atoms with van der Waals surface area (Å²) in [6, 6.07) is 9.20. The largest absolute Gasteiger partial charge is 0.383 e. The first-order chi connectivity index (χ1) is 13.1. The number of methoxy groups -OCH3 is 1. The van der Waals surface area contributed by atoms with Gasteiger partial charge in [0.25, 0.3) is 0 Å². The van der Waals surface area contributed by atoms with Crippen LogP contribution in [0.15, 0.2) is 30.3 Å². The first kappa shape index (κ1) is 19.4. The molecule has 1 aromatic rings. The van der Waals surface area contributed by atoms with Crippen LogP contribution in [0.4, 0.5) is 4.79 Å². The normalized spacial score (nSPS) is 24.9. The van der Waals surface area contributed by atoms with Crippen LogP contribution in [0.1, 0.15) is 24.8 Å². The summed E-state index contributed by atoms with van der Waals surface area (Å²) in [6.45, 7) is 1.31. The van der Waals surface area contributed by atoms with Gasteiger partial charge in [0.2, 0.25) is 11.8 Å². The second kappa shape index (κ2) is 8.99. The molecular weight excluding hydrogens is 346 g/mol. The van der Waals surface area contributed by atoms with Crippen LogP contribution < -0.4 is 10.6 Å². The van der Waals surface area contributed by atoms with E-state index >= 15 is 0 Å². The molecular formula is C20H27N3O4. The van der Waals surface area contributed by atoms with E-state index in [2.05, 4.69) is 10.6 Å². The zero-order valence-corrected chi connectivity index (χ0v) is 15.6. The molecule has 7 nitrogen and oxygen atoms in total. The van der Waals surface area contributed by atoms with E-state index in [9.17, 15) is 14.4 Å². The maximum absolute atomic E-state index is 12.8. The minimum absolute atomic E-state index is 0.0290. The van der Waals surface area contributed by atoms with Gasteiger partial charge in [-0.15, -0.1) is 0 Å². The van der Waals surface area contributed by atoms with Gasteiger partial charge in [0.15, 0.2) is 0 Å². The monoisotopic (exact) mass is 373 g/mol. The van der Waals surface area contributed by atoms with Crippen molar-refractivity contribution in [2.24, 2.45) is 11.8 Å². The lowest BCUT2D eigenvalue weighted by atomic mass is 9.76. The molecule has 0 aromatic heterocycles. The molecule has 2 aliphatic rings. The van der Waals surface area contributed by atoms with Gasteiger partial charge >= 0.3 is 6.03 Å². The summed E-state index contributed by atoms with van der Waals surface area (Å²) in [5.41, 5.74) is 1.09. The van der Waals surface area contributed by atoms with Gasteiger partial charge < -0.3 is 15.4 Å². The fraction of sp³-hybridized carbons (Fsp3) is 0.550. The molecule has 1 aromatic carbocycles. The molecule has 1 saturated heterocycles. The summed E-state index contributed by atoms with van der Waals surface area (Å²) in [5.74, 6) is -0.551. The first-order valence-corrected chi connectivity index (χ1v) is 9.52. The van der Waals surface area contributed by atoms with E-state index in [-0.39, 0.29) is 35.7 Å². The van der Waals surface area contributed by atoms with Crippen LogP contribution in [0.25, 0.3) is 0 Å². The van der Waals surface area contributed by atoms with E-state index in [0.29, 0.717) is 45.4 Å². The van der Waals surface area contributed by atoms with Gasteiger partial charge in [-0.25, -0.2) is 4.79 Å². The number of amides is 4. The van der Waals surface area contributed by atoms with Crippen molar-refractivity contribution in [3.05, 3.63) is 35.9 Å². The SMILES string of the molecule is COCCNC(=O)C1CCC2C(=O)N(CCc3ccccc3)C(=O)NC2C1. The highest BCUT2D eigenvalue weighted by molar-refractivity contribution is 5.99. The number of imide groups is 1. The topological polar surface area (TPSA) is 87.7 Å². The summed E-state index contributed by atoms with van der Waals surface area (Å²) in [4.78, 5) is 38.9. The Labute approximate surface area is 159 Å². The number of nitrogens with zero attached hydrogens (tertiary/aromatic N) is 1. The molecule has 1 heterocycles. The van der Waals surface area contributed by atoms with Gasteiger partial charge in [0.1, 0.15) is 0 Å². The molecule has 3 atom stereocenters. The van der Waals surface area contributed by atoms with E-state index < -0.39 is 0 Å². The molecule has 7 heteroatoms. The fourth-order valence-electron chi connectivity index (χ4n) is 3.92. The predicted molar refractivity (Wildman–Crippen MR) is 99.9 cm³/mol. The molecule has 146 valence electrons. The van der Waals surface area contributed by atoms with Crippen molar-refractivity contribution in [1.29, 1.82) is 0 Å². The Balaban J connectivity index is 1.55. The molecule has 0 radical (unpaired) electrons. The van der Waals surface area contributed by atoms with Crippen molar-refractivity contribution in [2.45, 2.75) is 31.7 Å². The Morgan fingerprint density at radius 2 is 2.04 bits per heavy atom. The van der Waals surface area contributed by atoms with Crippen LogP contribution in [0, 0.1) is 11.8 Å². The molecule has 1 aliphatic heterocycles. The molecule has 1 saturated carbocycles. The molecule has 0 spiro atoms. The van der Waals surface area contributed by atoms with E-state index in [1.807, 2.05) is 30.3 Å². The standard InChI is InChI=1S/C20H27N3O4/c1-27-12-10-21-18(24)15-7-8-16-17(13-15)22-20(26)23(19(16)25)11-9-14-5-3-2-4-6-14/h2-6,15-17H,7-13H2,1H3,(H,21,24)(H,22,26). The van der Waals surface area contributed by atoms with E-state index in [1.165, 1.54) is 4.90 Å². The van der Waals surface area contributed by atoms with Crippen LogP contribution in [0.2, 0.25) is 0 Å². The first-order valence-electron chi connectivity index (χ1n) is 9.52. The number of carbonyl (C=O) groups is 3. The molecule has 4 amide bonds. The van der Waals surface area contributed by atoms with Crippen LogP contribution >= 0.6 is 0 Å². The Kier molecular flexibility index (Phi) is 6.45. The number of benzene rings is 1. The Hall–Kier alpha value is -2.41. The average molecular weight is 373 g/mol. The third-order valence-corrected chi connectivity index (χ3v) is 5.43. The van der Waals surface area contributed by atoms with Crippen molar-refractivity contribution in [2.75, 3.05) is 26.8 Å². The molecule has 3 unspecified atom stereocenters. The predicted octanol–water partition coefficient (Wildman–Crippen LogP) is 1.33. The zero-order chi connectivity index (χ0) is 19.2. The fourth-order valence-corrected chi connectivity index (χ4v) is 3.92. The van der Waals surface area contributed by atoms with Crippen LogP contribution in [-0.4, -0.2) is 55.6 Å². The maximum atomic E-state index is 12.8. The maximum Gasteiger partial charge on any atom is 0.324 e. The van der Waals surface area contributed by atoms with Gasteiger partial charge in [-0.2, -0.15) is 0 Å². The molecule has 27 heavy (non-hydrogen) atoms. The van der Waals surface area contributed by atoms with Crippen LogP contribution in [0.3, 0.4) is 0 Å². The third-order valence-electron chi connectivity index (χ3n) is 5.43. The Bertz CT molecular complexity index is 679. The quantitative estimate of drug-likeness (QED) is 0.706.